The Labute approximate surface area is 192 Å². The highest BCUT2D eigenvalue weighted by Crippen LogP contribution is 2.67. The monoisotopic (exact) mass is 458 g/mol. The number of halogens is 1. The first-order chi connectivity index (χ1) is 15.1. The molecule has 2 aromatic rings. The summed E-state index contributed by atoms with van der Waals surface area (Å²) in [5.41, 5.74) is 1.14. The van der Waals surface area contributed by atoms with Crippen molar-refractivity contribution in [3.63, 3.8) is 0 Å². The van der Waals surface area contributed by atoms with Crippen molar-refractivity contribution >= 4 is 29.4 Å². The van der Waals surface area contributed by atoms with E-state index in [4.69, 9.17) is 25.5 Å². The molecule has 0 spiro atoms. The molecule has 7 nitrogen and oxygen atoms in total. The van der Waals surface area contributed by atoms with E-state index in [1.165, 1.54) is 7.11 Å². The lowest BCUT2D eigenvalue weighted by molar-refractivity contribution is -0.143. The van der Waals surface area contributed by atoms with Gasteiger partial charge in [-0.05, 0) is 63.6 Å². The number of esters is 1. The zero-order valence-electron chi connectivity index (χ0n) is 18.7. The number of hydrogen-bond donors (Lipinski definition) is 1. The number of likely N-dealkylation sites (tertiary alicyclic amines) is 1. The number of methoxy groups -OCH3 is 1. The molecule has 0 radical (unpaired) electrons. The molecule has 2 fully saturated rings. The number of hydrogen-bond acceptors (Lipinski definition) is 6. The molecule has 1 amide bonds. The van der Waals surface area contributed by atoms with Gasteiger partial charge in [-0.25, -0.2) is 4.79 Å². The average Bonchev–Trinajstić information content (AvgIpc) is 3.08. The highest BCUT2D eigenvalue weighted by atomic mass is 35.5. The number of furan rings is 1. The molecule has 1 saturated heterocycles. The van der Waals surface area contributed by atoms with Crippen LogP contribution in [-0.2, 0) is 14.3 Å². The minimum Gasteiger partial charge on any atom is -0.469 e. The van der Waals surface area contributed by atoms with Crippen molar-refractivity contribution in [3.8, 4) is 0 Å². The minimum atomic E-state index is -0.665. The van der Waals surface area contributed by atoms with Crippen molar-refractivity contribution in [2.45, 2.75) is 51.4 Å². The van der Waals surface area contributed by atoms with Crippen LogP contribution in [0.2, 0.25) is 5.02 Å². The molecule has 1 unspecified atom stereocenters. The Morgan fingerprint density at radius 2 is 1.91 bits per heavy atom. The molecule has 5 rings (SSSR count). The van der Waals surface area contributed by atoms with E-state index in [2.05, 4.69) is 5.32 Å². The van der Waals surface area contributed by atoms with Crippen LogP contribution in [0.15, 0.2) is 34.7 Å². The van der Waals surface area contributed by atoms with Gasteiger partial charge >= 0.3 is 12.1 Å². The lowest BCUT2D eigenvalue weighted by Crippen LogP contribution is -2.44. The van der Waals surface area contributed by atoms with Gasteiger partial charge in [0.2, 0.25) is 0 Å². The van der Waals surface area contributed by atoms with Gasteiger partial charge in [-0.3, -0.25) is 9.69 Å². The first-order valence-corrected chi connectivity index (χ1v) is 11.2. The summed E-state index contributed by atoms with van der Waals surface area (Å²) in [5, 5.41) is 4.17. The van der Waals surface area contributed by atoms with E-state index >= 15 is 0 Å². The highest BCUT2D eigenvalue weighted by molar-refractivity contribution is 6.30. The summed E-state index contributed by atoms with van der Waals surface area (Å²) < 4.78 is 16.8. The number of fused-ring (bicyclic) bond motifs is 5. The van der Waals surface area contributed by atoms with Crippen molar-refractivity contribution in [1.29, 1.82) is 0 Å². The van der Waals surface area contributed by atoms with Gasteiger partial charge in [0.05, 0.1) is 31.2 Å². The normalized spacial score (nSPS) is 30.0. The molecule has 1 N–H and O–H groups in total. The molecule has 1 aromatic heterocycles. The number of anilines is 1. The van der Waals surface area contributed by atoms with E-state index in [0.29, 0.717) is 5.02 Å². The fourth-order valence-corrected chi connectivity index (χ4v) is 5.70. The van der Waals surface area contributed by atoms with Crippen LogP contribution in [-0.4, -0.2) is 35.7 Å². The summed E-state index contributed by atoms with van der Waals surface area (Å²) in [7, 11) is 1.38. The maximum atomic E-state index is 13.4. The number of piperidine rings is 1. The number of rotatable bonds is 2. The van der Waals surface area contributed by atoms with E-state index in [-0.39, 0.29) is 35.9 Å². The Balaban J connectivity index is 1.64. The summed E-state index contributed by atoms with van der Waals surface area (Å²) in [6.07, 6.45) is -0.436. The zero-order valence-corrected chi connectivity index (χ0v) is 19.5. The Morgan fingerprint density at radius 1 is 1.16 bits per heavy atom. The van der Waals surface area contributed by atoms with Gasteiger partial charge in [-0.2, -0.15) is 0 Å². The number of nitrogens with zero attached hydrogens (tertiary/aromatic N) is 1. The second kappa shape index (κ2) is 7.17. The van der Waals surface area contributed by atoms with Crippen molar-refractivity contribution in [2.75, 3.05) is 12.4 Å². The quantitative estimate of drug-likeness (QED) is 0.630. The van der Waals surface area contributed by atoms with Crippen LogP contribution in [0.3, 0.4) is 0 Å². The molecule has 1 aromatic carbocycles. The molecule has 8 heteroatoms. The van der Waals surface area contributed by atoms with E-state index < -0.39 is 17.6 Å². The van der Waals surface area contributed by atoms with Crippen LogP contribution in [0.5, 0.6) is 0 Å². The minimum absolute atomic E-state index is 0.0741. The SMILES string of the molecule is COC(=O)C1[C@H]2[C@@H]3[C@H](c4ccc(C)o4)Nc4ccc(Cl)cc4[C@@H]3N(C(=O)OC(C)(C)C)[C@@H]12. The van der Waals surface area contributed by atoms with E-state index in [0.717, 1.165) is 22.8 Å². The molecule has 6 atom stereocenters. The summed E-state index contributed by atoms with van der Waals surface area (Å²) in [6, 6.07) is 8.70. The van der Waals surface area contributed by atoms with Gasteiger partial charge in [0.1, 0.15) is 17.1 Å². The Kier molecular flexibility index (Phi) is 4.75. The van der Waals surface area contributed by atoms with Gasteiger partial charge in [0.15, 0.2) is 0 Å². The molecule has 3 aliphatic rings. The largest absolute Gasteiger partial charge is 0.469 e. The van der Waals surface area contributed by atoms with Crippen LogP contribution in [0.4, 0.5) is 10.5 Å². The zero-order chi connectivity index (χ0) is 22.9. The highest BCUT2D eigenvalue weighted by Gasteiger charge is 2.74. The first kappa shape index (κ1) is 21.2. The number of nitrogens with one attached hydrogen (secondary N) is 1. The molecule has 2 aliphatic heterocycles. The molecular formula is C24H27ClN2O5. The Morgan fingerprint density at radius 3 is 2.53 bits per heavy atom. The average molecular weight is 459 g/mol. The number of carbonyl (C=O) groups excluding carboxylic acids is 2. The second-order valence-electron chi connectivity index (χ2n) is 9.83. The lowest BCUT2D eigenvalue weighted by Gasteiger charge is -2.42. The smallest absolute Gasteiger partial charge is 0.411 e. The third kappa shape index (κ3) is 3.25. The molecule has 0 bridgehead atoms. The Hall–Kier alpha value is -2.67. The van der Waals surface area contributed by atoms with Gasteiger partial charge in [-0.1, -0.05) is 11.6 Å². The van der Waals surface area contributed by atoms with E-state index in [1.54, 1.807) is 4.90 Å². The van der Waals surface area contributed by atoms with Crippen molar-refractivity contribution in [3.05, 3.63) is 52.4 Å². The standard InChI is InChI=1S/C24H27ClN2O5/c1-11-6-9-15(31-11)19-17-16-18(22(28)30-5)21(16)27(23(29)32-24(2,3)4)20(17)13-10-12(25)7-8-14(13)26-19/h6-10,16-21,26H,1-5H3/t16-,17-,18?,19+,20+,21-/m1/s1. The number of ether oxygens (including phenoxy) is 2. The van der Waals surface area contributed by atoms with Gasteiger partial charge < -0.3 is 19.2 Å². The predicted octanol–water partition coefficient (Wildman–Crippen LogP) is 5.10. The number of carbonyl (C=O) groups is 2. The maximum absolute atomic E-state index is 13.4. The van der Waals surface area contributed by atoms with Gasteiger partial charge in [-0.15, -0.1) is 0 Å². The van der Waals surface area contributed by atoms with Crippen LogP contribution in [0, 0.1) is 24.7 Å². The van der Waals surface area contributed by atoms with Crippen molar-refractivity contribution < 1.29 is 23.5 Å². The first-order valence-electron chi connectivity index (χ1n) is 10.8. The molecule has 3 heterocycles. The van der Waals surface area contributed by atoms with Crippen LogP contribution in [0.25, 0.3) is 0 Å². The number of amides is 1. The number of benzene rings is 1. The molecule has 1 saturated carbocycles. The van der Waals surface area contributed by atoms with Gasteiger partial charge in [0.25, 0.3) is 0 Å². The summed E-state index contributed by atoms with van der Waals surface area (Å²) in [5.74, 6) is 0.703. The lowest BCUT2D eigenvalue weighted by atomic mass is 9.78. The summed E-state index contributed by atoms with van der Waals surface area (Å²) >= 11 is 6.35. The third-order valence-corrected chi connectivity index (χ3v) is 6.87. The predicted molar refractivity (Wildman–Crippen MR) is 118 cm³/mol. The topological polar surface area (TPSA) is 81.0 Å². The molecular weight excluding hydrogens is 432 g/mol. The van der Waals surface area contributed by atoms with E-state index in [1.807, 2.05) is 58.0 Å². The third-order valence-electron chi connectivity index (χ3n) is 6.64. The number of aryl methyl sites for hydroxylation is 1. The van der Waals surface area contributed by atoms with Crippen LogP contribution in [0.1, 0.15) is 49.9 Å². The maximum Gasteiger partial charge on any atom is 0.411 e. The summed E-state index contributed by atoms with van der Waals surface area (Å²) in [4.78, 5) is 27.8. The molecule has 170 valence electrons. The molecule has 1 aliphatic carbocycles. The van der Waals surface area contributed by atoms with Crippen LogP contribution >= 0.6 is 11.6 Å². The van der Waals surface area contributed by atoms with Crippen molar-refractivity contribution in [2.24, 2.45) is 17.8 Å². The Bertz CT molecular complexity index is 1090. The fourth-order valence-electron chi connectivity index (χ4n) is 5.52. The van der Waals surface area contributed by atoms with E-state index in [9.17, 15) is 9.59 Å². The second-order valence-corrected chi connectivity index (χ2v) is 10.3. The van der Waals surface area contributed by atoms with Gasteiger partial charge in [0, 0.05) is 22.5 Å². The van der Waals surface area contributed by atoms with Crippen molar-refractivity contribution in [1.82, 2.24) is 4.90 Å². The summed E-state index contributed by atoms with van der Waals surface area (Å²) in [6.45, 7) is 7.41. The fraction of sp³-hybridized carbons (Fsp3) is 0.500. The van der Waals surface area contributed by atoms with Crippen LogP contribution < -0.4 is 5.32 Å². The molecule has 32 heavy (non-hydrogen) atoms.